The normalized spacial score (nSPS) is 21.8. The van der Waals surface area contributed by atoms with Crippen LogP contribution in [-0.2, 0) is 19.2 Å². The van der Waals surface area contributed by atoms with Crippen LogP contribution in [0.15, 0.2) is 30.3 Å². The number of hydrogen-bond acceptors (Lipinski definition) is 6. The minimum Gasteiger partial charge on any atom is -0.484 e. The van der Waals surface area contributed by atoms with Crippen molar-refractivity contribution in [2.75, 3.05) is 39.8 Å². The van der Waals surface area contributed by atoms with E-state index >= 15 is 0 Å². The molecule has 3 N–H and O–H groups in total. The van der Waals surface area contributed by atoms with Crippen molar-refractivity contribution < 1.29 is 23.9 Å². The van der Waals surface area contributed by atoms with Gasteiger partial charge in [0.05, 0.1) is 18.1 Å². The Labute approximate surface area is 213 Å². The number of hydrogen-bond donors (Lipinski definition) is 3. The first-order valence-electron chi connectivity index (χ1n) is 12.7. The van der Waals surface area contributed by atoms with E-state index in [4.69, 9.17) is 4.74 Å². The van der Waals surface area contributed by atoms with Crippen LogP contribution in [0.25, 0.3) is 0 Å². The fourth-order valence-corrected chi connectivity index (χ4v) is 4.76. The van der Waals surface area contributed by atoms with Crippen molar-refractivity contribution in [1.29, 1.82) is 0 Å². The molecule has 1 aromatic carbocycles. The van der Waals surface area contributed by atoms with E-state index in [9.17, 15) is 19.2 Å². The molecule has 2 heterocycles. The van der Waals surface area contributed by atoms with Crippen molar-refractivity contribution in [3.8, 4) is 5.75 Å². The van der Waals surface area contributed by atoms with Gasteiger partial charge in [0, 0.05) is 39.1 Å². The molecule has 3 rings (SSSR count). The maximum absolute atomic E-state index is 13.0. The van der Waals surface area contributed by atoms with E-state index in [0.29, 0.717) is 51.1 Å². The topological polar surface area (TPSA) is 120 Å². The highest BCUT2D eigenvalue weighted by Gasteiger charge is 2.39. The molecule has 1 aromatic rings. The molecule has 0 saturated carbocycles. The minimum absolute atomic E-state index is 0.0671. The van der Waals surface area contributed by atoms with Gasteiger partial charge in [0.1, 0.15) is 5.75 Å². The van der Waals surface area contributed by atoms with E-state index in [1.807, 2.05) is 32.0 Å². The molecule has 1 spiro atoms. The number of likely N-dealkylation sites (tertiary alicyclic amines) is 1. The average Bonchev–Trinajstić information content (AvgIpc) is 2.84. The molecule has 2 aliphatic rings. The van der Waals surface area contributed by atoms with Gasteiger partial charge in [0.25, 0.3) is 5.91 Å². The van der Waals surface area contributed by atoms with Gasteiger partial charge < -0.3 is 30.5 Å². The third-order valence-corrected chi connectivity index (χ3v) is 6.66. The van der Waals surface area contributed by atoms with Gasteiger partial charge in [-0.1, -0.05) is 32.0 Å². The van der Waals surface area contributed by atoms with Crippen LogP contribution in [0.1, 0.15) is 46.0 Å². The Hall–Kier alpha value is -3.14. The lowest BCUT2D eigenvalue weighted by Gasteiger charge is -2.42. The van der Waals surface area contributed by atoms with Crippen LogP contribution < -0.4 is 20.7 Å². The molecule has 36 heavy (non-hydrogen) atoms. The largest absolute Gasteiger partial charge is 0.484 e. The summed E-state index contributed by atoms with van der Waals surface area (Å²) in [5.74, 6) is -0.105. The van der Waals surface area contributed by atoms with Gasteiger partial charge in [-0.3, -0.25) is 19.2 Å². The lowest BCUT2D eigenvalue weighted by molar-refractivity contribution is -0.139. The molecule has 2 aliphatic heterocycles. The number of rotatable bonds is 5. The Bertz CT molecular complexity index is 915. The number of nitrogens with one attached hydrogen (secondary N) is 3. The van der Waals surface area contributed by atoms with E-state index in [1.54, 1.807) is 24.1 Å². The Morgan fingerprint density at radius 2 is 1.83 bits per heavy atom. The molecular weight excluding hydrogens is 462 g/mol. The first-order chi connectivity index (χ1) is 17.2. The zero-order valence-corrected chi connectivity index (χ0v) is 21.5. The maximum Gasteiger partial charge on any atom is 0.260 e. The number of para-hydroxylation sites is 1. The summed E-state index contributed by atoms with van der Waals surface area (Å²) in [5, 5.41) is 9.24. The van der Waals surface area contributed by atoms with Gasteiger partial charge in [-0.25, -0.2) is 0 Å². The van der Waals surface area contributed by atoms with Crippen LogP contribution in [0.4, 0.5) is 0 Å². The van der Waals surface area contributed by atoms with Crippen LogP contribution in [0.2, 0.25) is 0 Å². The third kappa shape index (κ3) is 7.94. The van der Waals surface area contributed by atoms with Crippen LogP contribution >= 0.6 is 0 Å². The summed E-state index contributed by atoms with van der Waals surface area (Å²) in [5.41, 5.74) is -0.772. The summed E-state index contributed by atoms with van der Waals surface area (Å²) < 4.78 is 5.58. The highest BCUT2D eigenvalue weighted by molar-refractivity contribution is 5.88. The number of ether oxygens (including phenoxy) is 1. The highest BCUT2D eigenvalue weighted by Crippen LogP contribution is 2.26. The summed E-state index contributed by atoms with van der Waals surface area (Å²) in [7, 11) is 1.63. The van der Waals surface area contributed by atoms with Crippen molar-refractivity contribution in [1.82, 2.24) is 25.8 Å². The number of amides is 4. The molecule has 0 aromatic heterocycles. The predicted molar refractivity (Wildman–Crippen MR) is 135 cm³/mol. The van der Waals surface area contributed by atoms with Crippen molar-refractivity contribution in [3.63, 3.8) is 0 Å². The van der Waals surface area contributed by atoms with E-state index < -0.39 is 11.6 Å². The Balaban J connectivity index is 1.63. The molecule has 0 bridgehead atoms. The van der Waals surface area contributed by atoms with Crippen molar-refractivity contribution >= 4 is 23.6 Å². The zero-order chi connectivity index (χ0) is 26.1. The summed E-state index contributed by atoms with van der Waals surface area (Å²) in [6.45, 7) is 5.04. The monoisotopic (exact) mass is 501 g/mol. The molecule has 2 fully saturated rings. The molecule has 1 atom stereocenters. The highest BCUT2D eigenvalue weighted by atomic mass is 16.5. The fourth-order valence-electron chi connectivity index (χ4n) is 4.76. The quantitative estimate of drug-likeness (QED) is 0.546. The molecular formula is C26H39N5O5. The number of carbonyl (C=O) groups is 4. The summed E-state index contributed by atoms with van der Waals surface area (Å²) >= 11 is 0. The SMILES string of the molecule is CC(C)N[C@H]1CCCNC(=O)CC2(CCN(C(=O)COc3ccccc3)CC2)NC(=O)CN(C)C1=O. The number of benzene rings is 1. The van der Waals surface area contributed by atoms with E-state index in [2.05, 4.69) is 16.0 Å². The van der Waals surface area contributed by atoms with Crippen molar-refractivity contribution in [3.05, 3.63) is 30.3 Å². The molecule has 4 amide bonds. The van der Waals surface area contributed by atoms with Crippen molar-refractivity contribution in [2.24, 2.45) is 0 Å². The molecule has 2 saturated heterocycles. The standard InChI is InChI=1S/C26H39N5O5/c1-19(2)28-21-10-7-13-27-22(32)16-26(29-23(33)17-30(3)25(21)35)11-14-31(15-12-26)24(34)18-36-20-8-5-4-6-9-20/h4-6,8-9,19,21,28H,7,10-18H2,1-3H3,(H,27,32)(H,29,33)/t21-/m0/s1. The summed E-state index contributed by atoms with van der Waals surface area (Å²) in [6.07, 6.45) is 2.23. The Morgan fingerprint density at radius 1 is 1.14 bits per heavy atom. The van der Waals surface area contributed by atoms with Gasteiger partial charge in [0.15, 0.2) is 6.61 Å². The number of likely N-dealkylation sites (N-methyl/N-ethyl adjacent to an activating group) is 1. The second-order valence-corrected chi connectivity index (χ2v) is 10.0. The van der Waals surface area contributed by atoms with Crippen LogP contribution in [0.3, 0.4) is 0 Å². The first kappa shape index (κ1) is 27.4. The molecule has 0 aliphatic carbocycles. The molecule has 198 valence electrons. The van der Waals surface area contributed by atoms with Gasteiger partial charge in [-0.15, -0.1) is 0 Å². The number of nitrogens with zero attached hydrogens (tertiary/aromatic N) is 2. The molecule has 10 nitrogen and oxygen atoms in total. The number of carbonyl (C=O) groups excluding carboxylic acids is 4. The van der Waals surface area contributed by atoms with E-state index in [1.165, 1.54) is 4.90 Å². The van der Waals surface area contributed by atoms with Crippen molar-refractivity contribution in [2.45, 2.75) is 63.6 Å². The maximum atomic E-state index is 13.0. The summed E-state index contributed by atoms with van der Waals surface area (Å²) in [6, 6.07) is 8.85. The molecule has 0 radical (unpaired) electrons. The number of piperidine rings is 1. The second kappa shape index (κ2) is 12.7. The minimum atomic E-state index is -0.772. The molecule has 10 heteroatoms. The van der Waals surface area contributed by atoms with Crippen LogP contribution in [-0.4, -0.2) is 90.9 Å². The second-order valence-electron chi connectivity index (χ2n) is 10.0. The van der Waals surface area contributed by atoms with Gasteiger partial charge in [-0.2, -0.15) is 0 Å². The zero-order valence-electron chi connectivity index (χ0n) is 21.5. The van der Waals surface area contributed by atoms with Gasteiger partial charge in [-0.05, 0) is 37.8 Å². The lowest BCUT2D eigenvalue weighted by atomic mass is 9.83. The Kier molecular flexibility index (Phi) is 9.69. The van der Waals surface area contributed by atoms with E-state index in [-0.39, 0.29) is 49.2 Å². The predicted octanol–water partition coefficient (Wildman–Crippen LogP) is 0.668. The van der Waals surface area contributed by atoms with Gasteiger partial charge >= 0.3 is 0 Å². The van der Waals surface area contributed by atoms with Gasteiger partial charge in [0.2, 0.25) is 17.7 Å². The fraction of sp³-hybridized carbons (Fsp3) is 0.615. The van der Waals surface area contributed by atoms with Crippen LogP contribution in [0.5, 0.6) is 5.75 Å². The average molecular weight is 502 g/mol. The lowest BCUT2D eigenvalue weighted by Crippen LogP contribution is -2.59. The third-order valence-electron chi connectivity index (χ3n) is 6.66. The molecule has 0 unspecified atom stereocenters. The first-order valence-corrected chi connectivity index (χ1v) is 12.7. The Morgan fingerprint density at radius 3 is 2.50 bits per heavy atom. The van der Waals surface area contributed by atoms with Crippen LogP contribution in [0, 0.1) is 0 Å². The van der Waals surface area contributed by atoms with E-state index in [0.717, 1.165) is 0 Å². The summed E-state index contributed by atoms with van der Waals surface area (Å²) in [4.78, 5) is 54.6. The smallest absolute Gasteiger partial charge is 0.260 e.